The summed E-state index contributed by atoms with van der Waals surface area (Å²) in [5.74, 6) is 0.345. The Morgan fingerprint density at radius 3 is 2.56 bits per heavy atom. The molecule has 0 aliphatic carbocycles. The van der Waals surface area contributed by atoms with Crippen molar-refractivity contribution in [3.05, 3.63) is 59.7 Å². The molecule has 1 aliphatic heterocycles. The number of carbonyl (C=O) groups is 2. The van der Waals surface area contributed by atoms with Crippen LogP contribution in [0.15, 0.2) is 48.5 Å². The second-order valence-electron chi connectivity index (χ2n) is 6.83. The number of methoxy groups -OCH3 is 1. The fraction of sp³-hybridized carbons (Fsp3) is 0.364. The topological polar surface area (TPSA) is 58.6 Å². The predicted octanol–water partition coefficient (Wildman–Crippen LogP) is 3.62. The van der Waals surface area contributed by atoms with E-state index >= 15 is 0 Å². The van der Waals surface area contributed by atoms with Crippen LogP contribution in [0.3, 0.4) is 0 Å². The third kappa shape index (κ3) is 3.82. The van der Waals surface area contributed by atoms with E-state index in [4.69, 9.17) is 4.74 Å². The van der Waals surface area contributed by atoms with E-state index in [2.05, 4.69) is 5.32 Å². The Balaban J connectivity index is 2.13. The molecule has 142 valence electrons. The fourth-order valence-corrected chi connectivity index (χ4v) is 3.75. The van der Waals surface area contributed by atoms with Gasteiger partial charge < -0.3 is 15.0 Å². The number of amides is 2. The van der Waals surface area contributed by atoms with Gasteiger partial charge in [0.2, 0.25) is 11.8 Å². The van der Waals surface area contributed by atoms with E-state index in [1.165, 1.54) is 0 Å². The highest BCUT2D eigenvalue weighted by atomic mass is 16.5. The first kappa shape index (κ1) is 19.0. The third-order valence-electron chi connectivity index (χ3n) is 5.05. The first-order chi connectivity index (χ1) is 13.1. The van der Waals surface area contributed by atoms with E-state index in [0.29, 0.717) is 25.1 Å². The zero-order chi connectivity index (χ0) is 19.4. The van der Waals surface area contributed by atoms with Gasteiger partial charge in [-0.05, 0) is 38.5 Å². The summed E-state index contributed by atoms with van der Waals surface area (Å²) in [5.41, 5.74) is 2.78. The van der Waals surface area contributed by atoms with Crippen LogP contribution in [-0.2, 0) is 9.59 Å². The number of hydrogen-bond acceptors (Lipinski definition) is 3. The van der Waals surface area contributed by atoms with Crippen LogP contribution in [0.1, 0.15) is 36.9 Å². The van der Waals surface area contributed by atoms with Gasteiger partial charge >= 0.3 is 0 Å². The van der Waals surface area contributed by atoms with E-state index in [9.17, 15) is 9.59 Å². The molecular weight excluding hydrogens is 340 g/mol. The van der Waals surface area contributed by atoms with Gasteiger partial charge in [0.05, 0.1) is 19.1 Å². The molecule has 0 saturated carbocycles. The average Bonchev–Trinajstić information content (AvgIpc) is 2.68. The van der Waals surface area contributed by atoms with Gasteiger partial charge in [-0.1, -0.05) is 35.9 Å². The predicted molar refractivity (Wildman–Crippen MR) is 106 cm³/mol. The first-order valence-corrected chi connectivity index (χ1v) is 9.36. The number of hydrogen-bond donors (Lipinski definition) is 1. The minimum atomic E-state index is -0.406. The summed E-state index contributed by atoms with van der Waals surface area (Å²) in [6.45, 7) is 4.48. The van der Waals surface area contributed by atoms with Crippen molar-refractivity contribution in [2.75, 3.05) is 18.6 Å². The van der Waals surface area contributed by atoms with Crippen LogP contribution in [0.5, 0.6) is 5.75 Å². The smallest absolute Gasteiger partial charge is 0.227 e. The molecule has 5 nitrogen and oxygen atoms in total. The van der Waals surface area contributed by atoms with Gasteiger partial charge in [-0.2, -0.15) is 0 Å². The van der Waals surface area contributed by atoms with Crippen LogP contribution < -0.4 is 15.0 Å². The quantitative estimate of drug-likeness (QED) is 0.879. The van der Waals surface area contributed by atoms with Crippen LogP contribution in [0.25, 0.3) is 0 Å². The molecule has 0 aromatic heterocycles. The van der Waals surface area contributed by atoms with Crippen molar-refractivity contribution in [3.8, 4) is 5.75 Å². The number of aryl methyl sites for hydroxylation is 1. The molecule has 1 fully saturated rings. The monoisotopic (exact) mass is 366 g/mol. The molecule has 1 aliphatic rings. The third-order valence-corrected chi connectivity index (χ3v) is 5.05. The molecule has 27 heavy (non-hydrogen) atoms. The molecule has 0 bridgehead atoms. The van der Waals surface area contributed by atoms with Crippen LogP contribution in [0, 0.1) is 12.8 Å². The van der Waals surface area contributed by atoms with Crippen molar-refractivity contribution in [1.29, 1.82) is 0 Å². The Morgan fingerprint density at radius 2 is 1.89 bits per heavy atom. The number of nitrogens with zero attached hydrogens (tertiary/aromatic N) is 1. The Hall–Kier alpha value is -2.82. The number of para-hydroxylation sites is 1. The maximum Gasteiger partial charge on any atom is 0.227 e. The van der Waals surface area contributed by atoms with Crippen LogP contribution in [0.4, 0.5) is 5.69 Å². The van der Waals surface area contributed by atoms with Crippen molar-refractivity contribution in [2.45, 2.75) is 32.7 Å². The van der Waals surface area contributed by atoms with Crippen molar-refractivity contribution < 1.29 is 14.3 Å². The van der Waals surface area contributed by atoms with Gasteiger partial charge in [0.15, 0.2) is 0 Å². The van der Waals surface area contributed by atoms with Crippen molar-refractivity contribution in [1.82, 2.24) is 5.32 Å². The molecule has 1 saturated heterocycles. The van der Waals surface area contributed by atoms with Crippen molar-refractivity contribution in [2.24, 2.45) is 5.92 Å². The lowest BCUT2D eigenvalue weighted by Crippen LogP contribution is -2.48. The van der Waals surface area contributed by atoms with Crippen LogP contribution in [0.2, 0.25) is 0 Å². The highest BCUT2D eigenvalue weighted by Crippen LogP contribution is 2.43. The summed E-state index contributed by atoms with van der Waals surface area (Å²) < 4.78 is 5.56. The van der Waals surface area contributed by atoms with Crippen LogP contribution >= 0.6 is 0 Å². The number of benzene rings is 2. The molecule has 2 atom stereocenters. The molecule has 2 aromatic carbocycles. The molecule has 2 unspecified atom stereocenters. The molecule has 0 spiro atoms. The molecule has 2 amide bonds. The lowest BCUT2D eigenvalue weighted by molar-refractivity contribution is -0.129. The Bertz CT molecular complexity index is 817. The Morgan fingerprint density at radius 1 is 1.19 bits per heavy atom. The summed E-state index contributed by atoms with van der Waals surface area (Å²) >= 11 is 0. The second-order valence-corrected chi connectivity index (χ2v) is 6.83. The number of carbonyl (C=O) groups excluding carboxylic acids is 2. The number of piperidine rings is 1. The maximum atomic E-state index is 12.9. The van der Waals surface area contributed by atoms with Gasteiger partial charge in [0.1, 0.15) is 5.75 Å². The van der Waals surface area contributed by atoms with E-state index in [0.717, 1.165) is 16.8 Å². The zero-order valence-corrected chi connectivity index (χ0v) is 16.1. The summed E-state index contributed by atoms with van der Waals surface area (Å²) in [6.07, 6.45) is 0.872. The molecule has 0 radical (unpaired) electrons. The molecular formula is C22H26N2O3. The van der Waals surface area contributed by atoms with Gasteiger partial charge in [-0.3, -0.25) is 9.59 Å². The van der Waals surface area contributed by atoms with Gasteiger partial charge in [0, 0.05) is 24.2 Å². The number of anilines is 1. The summed E-state index contributed by atoms with van der Waals surface area (Å²) in [7, 11) is 1.61. The van der Waals surface area contributed by atoms with Crippen molar-refractivity contribution >= 4 is 17.5 Å². The van der Waals surface area contributed by atoms with Gasteiger partial charge in [0.25, 0.3) is 0 Å². The standard InChI is InChI=1S/C22H26N2O3/c1-4-23-22(26)18-13-14-20(25)24(16-11-9-15(2)10-12-16)21(18)17-7-5-6-8-19(17)27-3/h5-12,18,21H,4,13-14H2,1-3H3,(H,23,26). The van der Waals surface area contributed by atoms with Gasteiger partial charge in [-0.25, -0.2) is 0 Å². The Kier molecular flexibility index (Phi) is 5.79. The zero-order valence-electron chi connectivity index (χ0n) is 16.1. The number of nitrogens with one attached hydrogen (secondary N) is 1. The lowest BCUT2D eigenvalue weighted by Gasteiger charge is -2.41. The highest BCUT2D eigenvalue weighted by molar-refractivity contribution is 5.97. The minimum absolute atomic E-state index is 0.0234. The minimum Gasteiger partial charge on any atom is -0.496 e. The van der Waals surface area contributed by atoms with E-state index in [1.807, 2.05) is 62.4 Å². The SMILES string of the molecule is CCNC(=O)C1CCC(=O)N(c2ccc(C)cc2)C1c1ccccc1OC. The van der Waals surface area contributed by atoms with Gasteiger partial charge in [-0.15, -0.1) is 0 Å². The lowest BCUT2D eigenvalue weighted by atomic mass is 9.82. The van der Waals surface area contributed by atoms with E-state index in [1.54, 1.807) is 12.0 Å². The molecule has 2 aromatic rings. The molecule has 5 heteroatoms. The normalized spacial score (nSPS) is 19.7. The van der Waals surface area contributed by atoms with Crippen molar-refractivity contribution in [3.63, 3.8) is 0 Å². The summed E-state index contributed by atoms with van der Waals surface area (Å²) in [6, 6.07) is 15.1. The second kappa shape index (κ2) is 8.25. The highest BCUT2D eigenvalue weighted by Gasteiger charge is 2.42. The summed E-state index contributed by atoms with van der Waals surface area (Å²) in [5, 5.41) is 2.93. The maximum absolute atomic E-state index is 12.9. The Labute approximate surface area is 160 Å². The van der Waals surface area contributed by atoms with E-state index in [-0.39, 0.29) is 17.7 Å². The largest absolute Gasteiger partial charge is 0.496 e. The summed E-state index contributed by atoms with van der Waals surface area (Å²) in [4.78, 5) is 27.5. The number of rotatable bonds is 5. The van der Waals surface area contributed by atoms with Crippen LogP contribution in [-0.4, -0.2) is 25.5 Å². The average molecular weight is 366 g/mol. The fourth-order valence-electron chi connectivity index (χ4n) is 3.75. The van der Waals surface area contributed by atoms with E-state index < -0.39 is 6.04 Å². The number of ether oxygens (including phenoxy) is 1. The molecule has 1 heterocycles. The molecule has 1 N–H and O–H groups in total. The first-order valence-electron chi connectivity index (χ1n) is 9.36. The molecule has 3 rings (SSSR count).